The second kappa shape index (κ2) is 4.60. The molecule has 5 rings (SSSR count). The topological polar surface area (TPSA) is 20.5 Å². The fraction of sp³-hybridized carbons (Fsp3) is 0.421. The number of thiazole rings is 1. The Bertz CT molecular complexity index is 885. The molecule has 1 saturated carbocycles. The van der Waals surface area contributed by atoms with Gasteiger partial charge in [-0.15, -0.1) is 0 Å². The molecule has 0 bridgehead atoms. The lowest BCUT2D eigenvalue weighted by Gasteiger charge is -2.40. The van der Waals surface area contributed by atoms with Crippen LogP contribution in [0, 0.1) is 6.92 Å². The van der Waals surface area contributed by atoms with Gasteiger partial charge in [-0.1, -0.05) is 42.4 Å². The van der Waals surface area contributed by atoms with Gasteiger partial charge in [-0.2, -0.15) is 0 Å². The summed E-state index contributed by atoms with van der Waals surface area (Å²) in [6.07, 6.45) is 9.25. The monoisotopic (exact) mass is 323 g/mol. The molecule has 0 saturated heterocycles. The fourth-order valence-electron chi connectivity index (χ4n) is 4.83. The SMILES string of the molecule is Cc1ccccc1N1C(C)c2c(sc3nccn23)C12CCCC2. The van der Waals surface area contributed by atoms with E-state index in [1.807, 2.05) is 17.5 Å². The molecule has 1 atom stereocenters. The molecule has 4 heteroatoms. The molecule has 2 aromatic heterocycles. The van der Waals surface area contributed by atoms with Crippen molar-refractivity contribution in [1.29, 1.82) is 0 Å². The number of aryl methyl sites for hydroxylation is 1. The summed E-state index contributed by atoms with van der Waals surface area (Å²) in [7, 11) is 0. The normalized spacial score (nSPS) is 22.3. The van der Waals surface area contributed by atoms with Gasteiger partial charge in [-0.3, -0.25) is 4.40 Å². The maximum atomic E-state index is 4.55. The molecule has 2 aliphatic rings. The molecule has 1 aliphatic carbocycles. The minimum Gasteiger partial charge on any atom is -0.352 e. The maximum absolute atomic E-state index is 4.55. The number of aromatic nitrogens is 2. The lowest BCUT2D eigenvalue weighted by molar-refractivity contribution is 0.420. The number of hydrogen-bond acceptors (Lipinski definition) is 3. The Morgan fingerprint density at radius 3 is 2.78 bits per heavy atom. The number of benzene rings is 1. The van der Waals surface area contributed by atoms with Crippen molar-refractivity contribution in [3.05, 3.63) is 52.8 Å². The summed E-state index contributed by atoms with van der Waals surface area (Å²) in [6, 6.07) is 9.26. The number of nitrogens with zero attached hydrogens (tertiary/aromatic N) is 3. The third kappa shape index (κ3) is 1.62. The van der Waals surface area contributed by atoms with E-state index in [1.54, 1.807) is 4.88 Å². The molecule has 23 heavy (non-hydrogen) atoms. The Morgan fingerprint density at radius 2 is 2.00 bits per heavy atom. The van der Waals surface area contributed by atoms with Crippen LogP contribution in [0.5, 0.6) is 0 Å². The zero-order valence-electron chi connectivity index (χ0n) is 13.6. The van der Waals surface area contributed by atoms with E-state index in [4.69, 9.17) is 0 Å². The van der Waals surface area contributed by atoms with Crippen LogP contribution in [0.15, 0.2) is 36.7 Å². The molecule has 118 valence electrons. The predicted molar refractivity (Wildman–Crippen MR) is 95.3 cm³/mol. The summed E-state index contributed by atoms with van der Waals surface area (Å²) in [5.74, 6) is 0. The second-order valence-corrected chi connectivity index (χ2v) is 7.94. The van der Waals surface area contributed by atoms with Crippen molar-refractivity contribution in [3.63, 3.8) is 0 Å². The zero-order chi connectivity index (χ0) is 15.6. The van der Waals surface area contributed by atoms with E-state index in [1.165, 1.54) is 42.6 Å². The van der Waals surface area contributed by atoms with Gasteiger partial charge >= 0.3 is 0 Å². The Hall–Kier alpha value is -1.81. The average molecular weight is 323 g/mol. The highest BCUT2D eigenvalue weighted by Gasteiger charge is 2.53. The van der Waals surface area contributed by atoms with Crippen molar-refractivity contribution in [2.75, 3.05) is 4.90 Å². The average Bonchev–Trinajstić information content (AvgIpc) is 3.26. The van der Waals surface area contributed by atoms with Crippen LogP contribution in [0.25, 0.3) is 4.96 Å². The summed E-state index contributed by atoms with van der Waals surface area (Å²) in [6.45, 7) is 4.61. The second-order valence-electron chi connectivity index (χ2n) is 6.97. The first-order valence-electron chi connectivity index (χ1n) is 8.53. The molecule has 3 nitrogen and oxygen atoms in total. The van der Waals surface area contributed by atoms with Crippen molar-refractivity contribution in [2.24, 2.45) is 0 Å². The van der Waals surface area contributed by atoms with Crippen molar-refractivity contribution >= 4 is 22.0 Å². The van der Waals surface area contributed by atoms with Gasteiger partial charge in [0.05, 0.1) is 22.2 Å². The zero-order valence-corrected chi connectivity index (χ0v) is 14.4. The van der Waals surface area contributed by atoms with E-state index in [2.05, 4.69) is 58.6 Å². The Balaban J connectivity index is 1.78. The van der Waals surface area contributed by atoms with E-state index in [-0.39, 0.29) is 5.54 Å². The largest absolute Gasteiger partial charge is 0.352 e. The van der Waals surface area contributed by atoms with E-state index in [0.29, 0.717) is 6.04 Å². The minimum absolute atomic E-state index is 0.187. The van der Waals surface area contributed by atoms with Gasteiger partial charge in [0.15, 0.2) is 4.96 Å². The van der Waals surface area contributed by atoms with Gasteiger partial charge in [0, 0.05) is 18.1 Å². The molecular weight excluding hydrogens is 302 g/mol. The third-order valence-electron chi connectivity index (χ3n) is 5.76. The first kappa shape index (κ1) is 13.6. The van der Waals surface area contributed by atoms with Gasteiger partial charge in [0.25, 0.3) is 0 Å². The lowest BCUT2D eigenvalue weighted by atomic mass is 9.94. The van der Waals surface area contributed by atoms with E-state index in [0.717, 1.165) is 4.96 Å². The molecule has 1 aliphatic heterocycles. The number of fused-ring (bicyclic) bond motifs is 4. The van der Waals surface area contributed by atoms with E-state index in [9.17, 15) is 0 Å². The van der Waals surface area contributed by atoms with Crippen LogP contribution in [0.4, 0.5) is 5.69 Å². The van der Waals surface area contributed by atoms with Gasteiger partial charge in [0.2, 0.25) is 0 Å². The van der Waals surface area contributed by atoms with Crippen LogP contribution in [0.1, 0.15) is 54.8 Å². The molecule has 1 aromatic carbocycles. The Kier molecular flexibility index (Phi) is 2.72. The summed E-state index contributed by atoms with van der Waals surface area (Å²) in [4.78, 5) is 9.98. The van der Waals surface area contributed by atoms with Gasteiger partial charge < -0.3 is 4.90 Å². The molecule has 3 aromatic rings. The number of imidazole rings is 1. The minimum atomic E-state index is 0.187. The maximum Gasteiger partial charge on any atom is 0.194 e. The van der Waals surface area contributed by atoms with Gasteiger partial charge in [-0.25, -0.2) is 4.98 Å². The highest BCUT2D eigenvalue weighted by molar-refractivity contribution is 7.17. The van der Waals surface area contributed by atoms with Crippen molar-refractivity contribution in [3.8, 4) is 0 Å². The molecule has 0 radical (unpaired) electrons. The molecule has 1 spiro atoms. The molecule has 0 amide bonds. The highest BCUT2D eigenvalue weighted by atomic mass is 32.1. The number of para-hydroxylation sites is 1. The number of rotatable bonds is 1. The van der Waals surface area contributed by atoms with Crippen LogP contribution in [0.3, 0.4) is 0 Å². The molecule has 1 unspecified atom stereocenters. The van der Waals surface area contributed by atoms with E-state index >= 15 is 0 Å². The molecule has 0 N–H and O–H groups in total. The Labute approximate surface area is 140 Å². The first-order valence-corrected chi connectivity index (χ1v) is 9.35. The number of anilines is 1. The van der Waals surface area contributed by atoms with Crippen molar-refractivity contribution in [1.82, 2.24) is 9.38 Å². The summed E-state index contributed by atoms with van der Waals surface area (Å²) in [5, 5.41) is 0. The van der Waals surface area contributed by atoms with E-state index < -0.39 is 0 Å². The predicted octanol–water partition coefficient (Wildman–Crippen LogP) is 5.05. The van der Waals surface area contributed by atoms with Crippen LogP contribution >= 0.6 is 11.3 Å². The number of hydrogen-bond donors (Lipinski definition) is 0. The summed E-state index contributed by atoms with van der Waals surface area (Å²) < 4.78 is 2.32. The smallest absolute Gasteiger partial charge is 0.194 e. The molecule has 3 heterocycles. The standard InChI is InChI=1S/C19H21N3S/c1-13-7-3-4-8-15(13)22-14(2)16-17(19(22)9-5-6-10-19)23-18-20-11-12-21(16)18/h3-4,7-8,11-12,14H,5-6,9-10H2,1-2H3. The lowest BCUT2D eigenvalue weighted by Crippen LogP contribution is -2.40. The Morgan fingerprint density at radius 1 is 1.22 bits per heavy atom. The quantitative estimate of drug-likeness (QED) is 0.624. The first-order chi connectivity index (χ1) is 11.2. The van der Waals surface area contributed by atoms with Crippen molar-refractivity contribution in [2.45, 2.75) is 51.1 Å². The third-order valence-corrected chi connectivity index (χ3v) is 7.04. The highest BCUT2D eigenvalue weighted by Crippen LogP contribution is 2.58. The molecule has 1 fully saturated rings. The van der Waals surface area contributed by atoms with Crippen LogP contribution in [0.2, 0.25) is 0 Å². The van der Waals surface area contributed by atoms with Crippen molar-refractivity contribution < 1.29 is 0 Å². The molecular formula is C19H21N3S. The van der Waals surface area contributed by atoms with Crippen LogP contribution in [-0.4, -0.2) is 9.38 Å². The van der Waals surface area contributed by atoms with Crippen LogP contribution in [-0.2, 0) is 5.54 Å². The summed E-state index contributed by atoms with van der Waals surface area (Å²) in [5.41, 5.74) is 4.43. The summed E-state index contributed by atoms with van der Waals surface area (Å²) >= 11 is 1.91. The fourth-order valence-corrected chi connectivity index (χ4v) is 6.25. The van der Waals surface area contributed by atoms with Gasteiger partial charge in [0.1, 0.15) is 0 Å². The van der Waals surface area contributed by atoms with Crippen LogP contribution < -0.4 is 4.90 Å². The van der Waals surface area contributed by atoms with Gasteiger partial charge in [-0.05, 0) is 38.3 Å².